The molecule has 0 aromatic heterocycles. The number of ether oxygens (including phenoxy) is 2. The number of hydrogen-bond acceptors (Lipinski definition) is 7. The Bertz CT molecular complexity index is 1260. The van der Waals surface area contributed by atoms with Gasteiger partial charge < -0.3 is 19.7 Å². The molecule has 3 fully saturated rings. The van der Waals surface area contributed by atoms with Crippen molar-refractivity contribution in [1.82, 2.24) is 4.90 Å². The SMILES string of the molecule is CCC1C(C)(C)C(OC(=O)CC(C)(C)C(=O)O)CCC1(C)C1CCCC2=C(C(C)C)C(=O)CC2(C(O)CN2CC(C)OC(C)C2)CCC(C)C1. The van der Waals surface area contributed by atoms with Crippen molar-refractivity contribution in [2.24, 2.45) is 45.3 Å². The topological polar surface area (TPSA) is 113 Å². The lowest BCUT2D eigenvalue weighted by atomic mass is 9.49. The van der Waals surface area contributed by atoms with E-state index in [2.05, 4.69) is 67.2 Å². The van der Waals surface area contributed by atoms with Crippen LogP contribution < -0.4 is 0 Å². The zero-order valence-electron chi connectivity index (χ0n) is 33.4. The predicted octanol–water partition coefficient (Wildman–Crippen LogP) is 8.24. The maximum Gasteiger partial charge on any atom is 0.309 e. The number of rotatable bonds is 10. The number of aliphatic hydroxyl groups is 1. The fraction of sp³-hybridized carbons (Fsp3) is 0.881. The molecule has 286 valence electrons. The van der Waals surface area contributed by atoms with Gasteiger partial charge >= 0.3 is 11.9 Å². The minimum atomic E-state index is -1.16. The van der Waals surface area contributed by atoms with Gasteiger partial charge in [0.2, 0.25) is 0 Å². The van der Waals surface area contributed by atoms with Gasteiger partial charge in [-0.2, -0.15) is 0 Å². The lowest BCUT2D eigenvalue weighted by Crippen LogP contribution is -2.54. The Morgan fingerprint density at radius 3 is 2.26 bits per heavy atom. The molecule has 1 heterocycles. The molecule has 0 radical (unpaired) electrons. The molecule has 1 aliphatic heterocycles. The van der Waals surface area contributed by atoms with Crippen LogP contribution in [-0.2, 0) is 23.9 Å². The van der Waals surface area contributed by atoms with Gasteiger partial charge in [0, 0.05) is 36.9 Å². The van der Waals surface area contributed by atoms with Crippen molar-refractivity contribution in [2.45, 2.75) is 171 Å². The Kier molecular flexibility index (Phi) is 12.9. The number of carboxylic acids is 1. The van der Waals surface area contributed by atoms with E-state index in [4.69, 9.17) is 9.47 Å². The van der Waals surface area contributed by atoms with Gasteiger partial charge in [0.15, 0.2) is 5.78 Å². The van der Waals surface area contributed by atoms with E-state index in [1.54, 1.807) is 13.8 Å². The molecule has 0 aromatic rings. The average Bonchev–Trinajstić information content (AvgIpc) is 3.28. The van der Waals surface area contributed by atoms with Crippen LogP contribution in [0.5, 0.6) is 0 Å². The second-order valence-electron chi connectivity index (χ2n) is 18.9. The van der Waals surface area contributed by atoms with Crippen molar-refractivity contribution in [3.8, 4) is 0 Å². The van der Waals surface area contributed by atoms with Crippen LogP contribution in [0.4, 0.5) is 0 Å². The summed E-state index contributed by atoms with van der Waals surface area (Å²) in [6, 6.07) is 0. The van der Waals surface area contributed by atoms with E-state index in [0.717, 1.165) is 76.5 Å². The Morgan fingerprint density at radius 2 is 1.68 bits per heavy atom. The Morgan fingerprint density at radius 1 is 1.04 bits per heavy atom. The zero-order chi connectivity index (χ0) is 37.4. The molecule has 4 aliphatic rings. The van der Waals surface area contributed by atoms with Gasteiger partial charge in [0.25, 0.3) is 0 Å². The van der Waals surface area contributed by atoms with Gasteiger partial charge in [-0.15, -0.1) is 0 Å². The first-order valence-corrected chi connectivity index (χ1v) is 19.9. The number of nitrogens with zero attached hydrogens (tertiary/aromatic N) is 1. The normalized spacial score (nSPS) is 36.6. The van der Waals surface area contributed by atoms with E-state index in [1.807, 2.05) is 0 Å². The van der Waals surface area contributed by atoms with Gasteiger partial charge in [0.1, 0.15) is 6.10 Å². The molecule has 4 rings (SSSR count). The number of carboxylic acid groups (broad SMARTS) is 1. The van der Waals surface area contributed by atoms with Crippen LogP contribution >= 0.6 is 0 Å². The highest BCUT2D eigenvalue weighted by atomic mass is 16.5. The van der Waals surface area contributed by atoms with Crippen molar-refractivity contribution in [3.63, 3.8) is 0 Å². The quantitative estimate of drug-likeness (QED) is 0.219. The number of aliphatic hydroxyl groups excluding tert-OH is 1. The van der Waals surface area contributed by atoms with Gasteiger partial charge in [-0.3, -0.25) is 19.3 Å². The monoisotopic (exact) mass is 702 g/mol. The molecule has 0 bridgehead atoms. The third-order valence-corrected chi connectivity index (χ3v) is 13.8. The lowest BCUT2D eigenvalue weighted by Gasteiger charge is -2.57. The van der Waals surface area contributed by atoms with Crippen LogP contribution in [0.2, 0.25) is 0 Å². The molecule has 0 spiro atoms. The summed E-state index contributed by atoms with van der Waals surface area (Å²) >= 11 is 0. The molecule has 8 nitrogen and oxygen atoms in total. The number of morpholine rings is 1. The van der Waals surface area contributed by atoms with Crippen molar-refractivity contribution >= 4 is 17.7 Å². The van der Waals surface area contributed by atoms with Crippen molar-refractivity contribution in [2.75, 3.05) is 19.6 Å². The number of carbonyl (C=O) groups excluding carboxylic acids is 2. The van der Waals surface area contributed by atoms with E-state index in [0.29, 0.717) is 30.7 Å². The fourth-order valence-electron chi connectivity index (χ4n) is 11.3. The van der Waals surface area contributed by atoms with E-state index >= 15 is 0 Å². The fourth-order valence-corrected chi connectivity index (χ4v) is 11.3. The van der Waals surface area contributed by atoms with Crippen LogP contribution in [0.1, 0.15) is 147 Å². The standard InChI is InChI=1S/C42H71NO7/c1-12-33-40(9,10)35(50-36(46)22-39(7,8)38(47)48)17-18-41(33,11)30-14-13-15-31-37(26(2)3)32(44)21-42(31,19-16-27(4)20-30)34(45)25-43-23-28(5)49-29(6)24-43/h26-30,33-35,45H,12-25H2,1-11H3,(H,47,48). The number of Topliss-reactive ketones (excluding diaryl/α,β-unsaturated/α-hetero) is 1. The smallest absolute Gasteiger partial charge is 0.309 e. The molecular formula is C42H71NO7. The molecule has 2 saturated carbocycles. The summed E-state index contributed by atoms with van der Waals surface area (Å²) in [7, 11) is 0. The number of hydrogen-bond donors (Lipinski definition) is 2. The number of β-amino-alcohol motifs (C(OH)–C–C–N with tert-alkyl or cyclic N) is 1. The summed E-state index contributed by atoms with van der Waals surface area (Å²) in [6.07, 6.45) is 8.23. The van der Waals surface area contributed by atoms with Crippen molar-refractivity contribution < 1.29 is 34.1 Å². The van der Waals surface area contributed by atoms with Gasteiger partial charge in [-0.1, -0.05) is 60.5 Å². The lowest BCUT2D eigenvalue weighted by molar-refractivity contribution is -0.179. The number of ketones is 1. The molecule has 1 saturated heterocycles. The molecule has 9 unspecified atom stereocenters. The van der Waals surface area contributed by atoms with Crippen LogP contribution in [0.25, 0.3) is 0 Å². The Balaban J connectivity index is 1.57. The summed E-state index contributed by atoms with van der Waals surface area (Å²) in [4.78, 5) is 40.9. The highest BCUT2D eigenvalue weighted by Gasteiger charge is 2.56. The molecule has 0 aromatic carbocycles. The highest BCUT2D eigenvalue weighted by Crippen LogP contribution is 2.60. The third-order valence-electron chi connectivity index (χ3n) is 13.8. The van der Waals surface area contributed by atoms with E-state index in [9.17, 15) is 24.6 Å². The van der Waals surface area contributed by atoms with Gasteiger partial charge in [0.05, 0.1) is 30.1 Å². The van der Waals surface area contributed by atoms with E-state index in [-0.39, 0.29) is 47.3 Å². The number of fused-ring (bicyclic) bond motifs is 1. The van der Waals surface area contributed by atoms with E-state index < -0.39 is 28.9 Å². The van der Waals surface area contributed by atoms with Crippen LogP contribution in [0, 0.1) is 45.3 Å². The minimum absolute atomic E-state index is 0.0516. The first-order chi connectivity index (χ1) is 23.2. The second kappa shape index (κ2) is 15.7. The maximum atomic E-state index is 13.8. The van der Waals surface area contributed by atoms with Crippen molar-refractivity contribution in [1.29, 1.82) is 0 Å². The van der Waals surface area contributed by atoms with E-state index in [1.165, 1.54) is 5.57 Å². The maximum absolute atomic E-state index is 13.8. The highest BCUT2D eigenvalue weighted by molar-refractivity contribution is 6.00. The van der Waals surface area contributed by atoms with Gasteiger partial charge in [-0.05, 0) is 114 Å². The molecule has 2 N–H and O–H groups in total. The number of allylic oxidation sites excluding steroid dienone is 1. The van der Waals surface area contributed by atoms with Crippen LogP contribution in [-0.4, -0.2) is 76.9 Å². The number of esters is 1. The van der Waals surface area contributed by atoms with Crippen LogP contribution in [0.3, 0.4) is 0 Å². The summed E-state index contributed by atoms with van der Waals surface area (Å²) in [5.74, 6) is 0.202. The first kappa shape index (κ1) is 41.0. The number of aliphatic carboxylic acids is 1. The summed E-state index contributed by atoms with van der Waals surface area (Å²) in [6.45, 7) is 25.4. The molecule has 8 heteroatoms. The summed E-state index contributed by atoms with van der Waals surface area (Å²) in [5.41, 5.74) is 0.341. The molecule has 0 amide bonds. The number of carbonyl (C=O) groups is 3. The summed E-state index contributed by atoms with van der Waals surface area (Å²) in [5, 5.41) is 21.8. The van der Waals surface area contributed by atoms with Crippen LogP contribution in [0.15, 0.2) is 11.1 Å². The molecular weight excluding hydrogens is 630 g/mol. The average molecular weight is 702 g/mol. The Hall–Kier alpha value is -1.77. The molecule has 50 heavy (non-hydrogen) atoms. The van der Waals surface area contributed by atoms with Crippen molar-refractivity contribution in [3.05, 3.63) is 11.1 Å². The molecule has 9 atom stereocenters. The zero-order valence-corrected chi connectivity index (χ0v) is 33.4. The minimum Gasteiger partial charge on any atom is -0.481 e. The van der Waals surface area contributed by atoms with Gasteiger partial charge in [-0.25, -0.2) is 0 Å². The second-order valence-corrected chi connectivity index (χ2v) is 18.9. The third kappa shape index (κ3) is 8.38. The molecule has 3 aliphatic carbocycles. The summed E-state index contributed by atoms with van der Waals surface area (Å²) < 4.78 is 12.1. The Labute approximate surface area is 303 Å². The first-order valence-electron chi connectivity index (χ1n) is 19.9. The largest absolute Gasteiger partial charge is 0.481 e. The predicted molar refractivity (Wildman–Crippen MR) is 198 cm³/mol.